The first-order valence-corrected chi connectivity index (χ1v) is 6.94. The predicted octanol–water partition coefficient (Wildman–Crippen LogP) is 1.22. The number of carbonyl (C=O) groups excluding carboxylic acids is 2. The van der Waals surface area contributed by atoms with Crippen molar-refractivity contribution in [1.82, 2.24) is 10.2 Å². The molecular weight excluding hydrogens is 273 g/mol. The van der Waals surface area contributed by atoms with Crippen molar-refractivity contribution in [2.45, 2.75) is 12.8 Å². The fraction of sp³-hybridized carbons (Fsp3) is 0.467. The van der Waals surface area contributed by atoms with Crippen LogP contribution in [0.4, 0.5) is 10.1 Å². The molecule has 1 aromatic rings. The van der Waals surface area contributed by atoms with E-state index in [1.54, 1.807) is 0 Å². The Hall–Kier alpha value is -1.95. The molecule has 0 saturated heterocycles. The van der Waals surface area contributed by atoms with E-state index in [0.29, 0.717) is 25.1 Å². The second-order valence-corrected chi connectivity index (χ2v) is 5.60. The van der Waals surface area contributed by atoms with Crippen molar-refractivity contribution in [3.63, 3.8) is 0 Å². The molecular formula is C15H20FN3O2. The monoisotopic (exact) mass is 293 g/mol. The van der Waals surface area contributed by atoms with E-state index < -0.39 is 5.41 Å². The maximum Gasteiger partial charge on any atom is 0.240 e. The second kappa shape index (κ2) is 6.22. The molecule has 1 aromatic carbocycles. The fourth-order valence-corrected chi connectivity index (χ4v) is 2.03. The molecule has 0 radical (unpaired) electrons. The van der Waals surface area contributed by atoms with Crippen LogP contribution in [0, 0.1) is 11.2 Å². The number of likely N-dealkylation sites (N-methyl/N-ethyl adjacent to an activating group) is 1. The van der Waals surface area contributed by atoms with Crippen LogP contribution in [0.15, 0.2) is 24.3 Å². The highest BCUT2D eigenvalue weighted by atomic mass is 19.1. The van der Waals surface area contributed by atoms with Crippen LogP contribution in [0.2, 0.25) is 0 Å². The molecule has 2 rings (SSSR count). The summed E-state index contributed by atoms with van der Waals surface area (Å²) in [6, 6.07) is 5.50. The van der Waals surface area contributed by atoms with E-state index in [1.807, 2.05) is 19.0 Å². The van der Waals surface area contributed by atoms with Gasteiger partial charge in [-0.3, -0.25) is 9.59 Å². The van der Waals surface area contributed by atoms with Gasteiger partial charge in [0.2, 0.25) is 11.8 Å². The van der Waals surface area contributed by atoms with Gasteiger partial charge in [-0.1, -0.05) is 0 Å². The summed E-state index contributed by atoms with van der Waals surface area (Å²) in [7, 11) is 3.83. The van der Waals surface area contributed by atoms with Crippen molar-refractivity contribution in [3.05, 3.63) is 30.1 Å². The van der Waals surface area contributed by atoms with Crippen LogP contribution in [-0.4, -0.2) is 43.9 Å². The summed E-state index contributed by atoms with van der Waals surface area (Å²) in [6.45, 7) is 1.23. The molecule has 1 saturated carbocycles. The van der Waals surface area contributed by atoms with Crippen LogP contribution < -0.4 is 10.6 Å². The summed E-state index contributed by atoms with van der Waals surface area (Å²) in [6.07, 6.45) is 1.10. The number of anilines is 1. The molecule has 1 aliphatic rings. The number of nitrogens with zero attached hydrogens (tertiary/aromatic N) is 1. The Labute approximate surface area is 123 Å². The average Bonchev–Trinajstić information content (AvgIpc) is 3.22. The Morgan fingerprint density at radius 1 is 1.19 bits per heavy atom. The van der Waals surface area contributed by atoms with Gasteiger partial charge in [-0.2, -0.15) is 0 Å². The average molecular weight is 293 g/mol. The molecule has 5 nitrogen and oxygen atoms in total. The van der Waals surface area contributed by atoms with E-state index in [2.05, 4.69) is 10.6 Å². The summed E-state index contributed by atoms with van der Waals surface area (Å²) in [5.41, 5.74) is -0.463. The zero-order chi connectivity index (χ0) is 15.5. The summed E-state index contributed by atoms with van der Waals surface area (Å²) in [4.78, 5) is 26.3. The van der Waals surface area contributed by atoms with Crippen LogP contribution in [0.3, 0.4) is 0 Å². The third-order valence-electron chi connectivity index (χ3n) is 3.57. The second-order valence-electron chi connectivity index (χ2n) is 5.60. The Kier molecular flexibility index (Phi) is 4.57. The van der Waals surface area contributed by atoms with Crippen molar-refractivity contribution in [3.8, 4) is 0 Å². The van der Waals surface area contributed by atoms with E-state index in [4.69, 9.17) is 0 Å². The van der Waals surface area contributed by atoms with Crippen molar-refractivity contribution in [2.24, 2.45) is 5.41 Å². The topological polar surface area (TPSA) is 61.4 Å². The van der Waals surface area contributed by atoms with Crippen LogP contribution in [0.25, 0.3) is 0 Å². The molecule has 0 aromatic heterocycles. The molecule has 0 spiro atoms. The van der Waals surface area contributed by atoms with E-state index in [0.717, 1.165) is 6.54 Å². The van der Waals surface area contributed by atoms with Gasteiger partial charge in [0.15, 0.2) is 0 Å². The maximum atomic E-state index is 12.8. The Bertz CT molecular complexity index is 524. The van der Waals surface area contributed by atoms with Gasteiger partial charge >= 0.3 is 0 Å². The summed E-state index contributed by atoms with van der Waals surface area (Å²) in [5, 5.41) is 5.47. The van der Waals surface area contributed by atoms with Gasteiger partial charge in [0, 0.05) is 18.8 Å². The van der Waals surface area contributed by atoms with Crippen LogP contribution in [0.5, 0.6) is 0 Å². The van der Waals surface area contributed by atoms with Gasteiger partial charge in [0.25, 0.3) is 0 Å². The quantitative estimate of drug-likeness (QED) is 0.775. The first-order chi connectivity index (χ1) is 9.94. The van der Waals surface area contributed by atoms with Gasteiger partial charge in [0.1, 0.15) is 11.2 Å². The van der Waals surface area contributed by atoms with Gasteiger partial charge in [-0.25, -0.2) is 4.39 Å². The highest BCUT2D eigenvalue weighted by Crippen LogP contribution is 2.46. The minimum absolute atomic E-state index is 0.232. The molecule has 0 atom stereocenters. The number of nitrogens with one attached hydrogen (secondary N) is 2. The number of amides is 2. The van der Waals surface area contributed by atoms with E-state index in [1.165, 1.54) is 24.3 Å². The van der Waals surface area contributed by atoms with Crippen LogP contribution in [0.1, 0.15) is 12.8 Å². The first kappa shape index (κ1) is 15.4. The molecule has 2 amide bonds. The fourth-order valence-electron chi connectivity index (χ4n) is 2.03. The number of carbonyl (C=O) groups is 2. The minimum Gasteiger partial charge on any atom is -0.354 e. The lowest BCUT2D eigenvalue weighted by Crippen LogP contribution is -2.42. The molecule has 0 unspecified atom stereocenters. The molecule has 0 bridgehead atoms. The minimum atomic E-state index is -0.958. The highest BCUT2D eigenvalue weighted by Gasteiger charge is 2.56. The van der Waals surface area contributed by atoms with E-state index in [9.17, 15) is 14.0 Å². The van der Waals surface area contributed by atoms with Crippen molar-refractivity contribution >= 4 is 17.5 Å². The molecule has 0 heterocycles. The molecule has 1 fully saturated rings. The van der Waals surface area contributed by atoms with E-state index >= 15 is 0 Å². The van der Waals surface area contributed by atoms with Crippen LogP contribution >= 0.6 is 0 Å². The molecule has 21 heavy (non-hydrogen) atoms. The number of benzene rings is 1. The summed E-state index contributed by atoms with van der Waals surface area (Å²) < 4.78 is 12.8. The first-order valence-electron chi connectivity index (χ1n) is 6.94. The van der Waals surface area contributed by atoms with Gasteiger partial charge in [-0.05, 0) is 51.2 Å². The Morgan fingerprint density at radius 2 is 1.81 bits per heavy atom. The lowest BCUT2D eigenvalue weighted by molar-refractivity contribution is -0.134. The highest BCUT2D eigenvalue weighted by molar-refractivity contribution is 6.13. The van der Waals surface area contributed by atoms with Crippen molar-refractivity contribution in [1.29, 1.82) is 0 Å². The standard InChI is InChI=1S/C15H20FN3O2/c1-19(2)10-9-17-13(20)15(7-8-15)14(21)18-12-5-3-11(16)4-6-12/h3-6H,7-10H2,1-2H3,(H,17,20)(H,18,21). The van der Waals surface area contributed by atoms with Gasteiger partial charge < -0.3 is 15.5 Å². The largest absolute Gasteiger partial charge is 0.354 e. The summed E-state index contributed by atoms with van der Waals surface area (Å²) in [5.74, 6) is -0.920. The van der Waals surface area contributed by atoms with Crippen molar-refractivity contribution in [2.75, 3.05) is 32.5 Å². The van der Waals surface area contributed by atoms with Crippen molar-refractivity contribution < 1.29 is 14.0 Å². The third kappa shape index (κ3) is 3.78. The number of hydrogen-bond acceptors (Lipinski definition) is 3. The third-order valence-corrected chi connectivity index (χ3v) is 3.57. The normalized spacial score (nSPS) is 15.6. The maximum absolute atomic E-state index is 12.8. The SMILES string of the molecule is CN(C)CCNC(=O)C1(C(=O)Nc2ccc(F)cc2)CC1. The number of halogens is 1. The zero-order valence-electron chi connectivity index (χ0n) is 12.3. The molecule has 114 valence electrons. The predicted molar refractivity (Wildman–Crippen MR) is 78.3 cm³/mol. The molecule has 2 N–H and O–H groups in total. The summed E-state index contributed by atoms with van der Waals surface area (Å²) >= 11 is 0. The van der Waals surface area contributed by atoms with Gasteiger partial charge in [-0.15, -0.1) is 0 Å². The Morgan fingerprint density at radius 3 is 2.33 bits per heavy atom. The van der Waals surface area contributed by atoms with E-state index in [-0.39, 0.29) is 17.6 Å². The number of rotatable bonds is 6. The zero-order valence-corrected chi connectivity index (χ0v) is 12.3. The molecule has 6 heteroatoms. The smallest absolute Gasteiger partial charge is 0.240 e. The molecule has 1 aliphatic carbocycles. The lowest BCUT2D eigenvalue weighted by Gasteiger charge is -2.16. The number of hydrogen-bond donors (Lipinski definition) is 2. The molecule has 0 aliphatic heterocycles. The lowest BCUT2D eigenvalue weighted by atomic mass is 10.1. The van der Waals surface area contributed by atoms with Crippen LogP contribution in [-0.2, 0) is 9.59 Å². The Balaban J connectivity index is 1.91. The van der Waals surface area contributed by atoms with Gasteiger partial charge in [0.05, 0.1) is 0 Å².